The van der Waals surface area contributed by atoms with Crippen molar-refractivity contribution in [2.24, 2.45) is 0 Å². The van der Waals surface area contributed by atoms with Crippen molar-refractivity contribution in [1.29, 1.82) is 0 Å². The third-order valence-electron chi connectivity index (χ3n) is 6.96. The summed E-state index contributed by atoms with van der Waals surface area (Å²) in [5.41, 5.74) is 9.21. The lowest BCUT2D eigenvalue weighted by molar-refractivity contribution is -0.143. The van der Waals surface area contributed by atoms with Crippen molar-refractivity contribution in [2.45, 2.75) is 53.6 Å². The second-order valence-corrected chi connectivity index (χ2v) is 10.7. The van der Waals surface area contributed by atoms with Crippen LogP contribution in [0.25, 0.3) is 22.3 Å². The quantitative estimate of drug-likeness (QED) is 0.168. The molecule has 1 aliphatic carbocycles. The zero-order valence-corrected chi connectivity index (χ0v) is 24.2. The van der Waals surface area contributed by atoms with Gasteiger partial charge in [-0.1, -0.05) is 56.1 Å². The largest absolute Gasteiger partial charge is 0.458 e. The number of esters is 3. The third kappa shape index (κ3) is 6.55. The molecule has 0 radical (unpaired) electrons. The second-order valence-electron chi connectivity index (χ2n) is 10.7. The summed E-state index contributed by atoms with van der Waals surface area (Å²) < 4.78 is 16.5. The van der Waals surface area contributed by atoms with Crippen molar-refractivity contribution in [3.8, 4) is 33.8 Å². The van der Waals surface area contributed by atoms with Gasteiger partial charge in [0.15, 0.2) is 11.5 Å². The van der Waals surface area contributed by atoms with Crippen LogP contribution in [0.2, 0.25) is 0 Å². The van der Waals surface area contributed by atoms with Gasteiger partial charge in [0.05, 0.1) is 0 Å². The average Bonchev–Trinajstić information content (AvgIpc) is 3.31. The first-order valence-electron chi connectivity index (χ1n) is 13.3. The van der Waals surface area contributed by atoms with Crippen LogP contribution in [0.1, 0.15) is 43.0 Å². The summed E-state index contributed by atoms with van der Waals surface area (Å²) in [7, 11) is 0. The summed E-state index contributed by atoms with van der Waals surface area (Å²) in [4.78, 5) is 36.5. The minimum Gasteiger partial charge on any atom is -0.458 e. The topological polar surface area (TPSA) is 78.9 Å². The van der Waals surface area contributed by atoms with Gasteiger partial charge in [-0.3, -0.25) is 0 Å². The van der Waals surface area contributed by atoms with Gasteiger partial charge in [0.1, 0.15) is 6.10 Å². The van der Waals surface area contributed by atoms with Crippen LogP contribution < -0.4 is 9.47 Å². The highest BCUT2D eigenvalue weighted by Gasteiger charge is 2.25. The van der Waals surface area contributed by atoms with E-state index in [-0.39, 0.29) is 34.7 Å². The Morgan fingerprint density at radius 1 is 0.634 bits per heavy atom. The molecule has 0 spiro atoms. The highest BCUT2D eigenvalue weighted by Crippen LogP contribution is 2.38. The number of fused-ring (bicyclic) bond motifs is 1. The Kier molecular flexibility index (Phi) is 8.43. The molecule has 0 bridgehead atoms. The fraction of sp³-hybridized carbons (Fsp3) is 0.229. The van der Waals surface area contributed by atoms with Crippen molar-refractivity contribution in [3.63, 3.8) is 0 Å². The molecule has 0 aromatic heterocycles. The van der Waals surface area contributed by atoms with E-state index in [2.05, 4.69) is 50.1 Å². The van der Waals surface area contributed by atoms with Gasteiger partial charge in [0.2, 0.25) is 0 Å². The monoisotopic (exact) mass is 550 g/mol. The molecule has 0 fully saturated rings. The maximum atomic E-state index is 12.3. The minimum atomic E-state index is -0.619. The van der Waals surface area contributed by atoms with Gasteiger partial charge in [0, 0.05) is 29.6 Å². The van der Waals surface area contributed by atoms with Gasteiger partial charge < -0.3 is 14.2 Å². The highest BCUT2D eigenvalue weighted by molar-refractivity contribution is 5.91. The summed E-state index contributed by atoms with van der Waals surface area (Å²) in [5, 5.41) is 0. The summed E-state index contributed by atoms with van der Waals surface area (Å²) in [6.45, 7) is 19.7. The van der Waals surface area contributed by atoms with Crippen LogP contribution >= 0.6 is 0 Å². The fourth-order valence-electron chi connectivity index (χ4n) is 4.73. The van der Waals surface area contributed by atoms with Gasteiger partial charge >= 0.3 is 17.9 Å². The van der Waals surface area contributed by atoms with Crippen molar-refractivity contribution in [1.82, 2.24) is 0 Å². The number of ether oxygens (including phenoxy) is 3. The molecule has 210 valence electrons. The molecule has 0 N–H and O–H groups in total. The Hall–Kier alpha value is -4.71. The normalized spacial score (nSPS) is 13.6. The van der Waals surface area contributed by atoms with E-state index in [9.17, 15) is 14.4 Å². The maximum Gasteiger partial charge on any atom is 0.338 e. The maximum absolute atomic E-state index is 12.3. The van der Waals surface area contributed by atoms with Gasteiger partial charge in [-0.2, -0.15) is 0 Å². The summed E-state index contributed by atoms with van der Waals surface area (Å²) >= 11 is 0. The van der Waals surface area contributed by atoms with E-state index in [4.69, 9.17) is 14.2 Å². The zero-order valence-electron chi connectivity index (χ0n) is 24.2. The van der Waals surface area contributed by atoms with Crippen LogP contribution in [0.3, 0.4) is 0 Å². The minimum absolute atomic E-state index is 0.117. The van der Waals surface area contributed by atoms with Crippen LogP contribution in [0, 0.1) is 13.8 Å². The Bertz CT molecular complexity index is 1620. The SMILES string of the molecule is C=C(C)C(=O)Oc1ccc(-c2cc(C)c(-c3ccc4c(c3)CC(OC(=O)C(=C)C)C4)cc2C)cc1OC(=O)C(=C)C. The van der Waals surface area contributed by atoms with Crippen LogP contribution in [-0.4, -0.2) is 24.0 Å². The number of benzene rings is 3. The molecule has 0 saturated carbocycles. The standard InChI is InChI=1S/C35H34O6/c1-19(2)33(36)39-28-16-24-9-10-25(15-27(24)17-28)29-13-23(8)30(14-22(29)7)26-11-12-31(40-34(37)20(3)4)32(18-26)41-35(38)21(5)6/h9-15,18,28H,1,3,5,16-17H2,2,4,6-8H3. The first kappa shape index (κ1) is 29.3. The van der Waals surface area contributed by atoms with E-state index >= 15 is 0 Å². The van der Waals surface area contributed by atoms with Crippen LogP contribution in [0.4, 0.5) is 0 Å². The Morgan fingerprint density at radius 2 is 1.12 bits per heavy atom. The van der Waals surface area contributed by atoms with Crippen molar-refractivity contribution in [3.05, 3.63) is 107 Å². The summed E-state index contributed by atoms with van der Waals surface area (Å²) in [6.07, 6.45) is 1.19. The molecule has 4 rings (SSSR count). The lowest BCUT2D eigenvalue weighted by Crippen LogP contribution is -2.18. The van der Waals surface area contributed by atoms with Crippen molar-refractivity contribution in [2.75, 3.05) is 0 Å². The Balaban J connectivity index is 1.65. The molecule has 1 unspecified atom stereocenters. The molecule has 1 atom stereocenters. The molecule has 0 saturated heterocycles. The van der Waals surface area contributed by atoms with E-state index in [1.165, 1.54) is 11.1 Å². The summed E-state index contributed by atoms with van der Waals surface area (Å²) in [6, 6.07) is 15.7. The zero-order chi connectivity index (χ0) is 30.0. The molecule has 0 heterocycles. The number of aryl methyl sites for hydroxylation is 2. The first-order chi connectivity index (χ1) is 19.3. The van der Waals surface area contributed by atoms with Gasteiger partial charge in [0.25, 0.3) is 0 Å². The van der Waals surface area contributed by atoms with E-state index in [0.29, 0.717) is 18.4 Å². The van der Waals surface area contributed by atoms with E-state index in [1.54, 1.807) is 32.9 Å². The molecule has 3 aromatic carbocycles. The molecular formula is C35H34O6. The van der Waals surface area contributed by atoms with Crippen LogP contribution in [-0.2, 0) is 32.0 Å². The molecule has 0 amide bonds. The predicted molar refractivity (Wildman–Crippen MR) is 160 cm³/mol. The van der Waals surface area contributed by atoms with E-state index in [0.717, 1.165) is 33.4 Å². The lowest BCUT2D eigenvalue weighted by Gasteiger charge is -2.16. The van der Waals surface area contributed by atoms with Crippen molar-refractivity contribution >= 4 is 17.9 Å². The third-order valence-corrected chi connectivity index (χ3v) is 6.96. The average molecular weight is 551 g/mol. The van der Waals surface area contributed by atoms with Gasteiger partial charge in [-0.05, 0) is 91.3 Å². The molecule has 3 aromatic rings. The molecule has 1 aliphatic rings. The number of carbonyl (C=O) groups is 3. The first-order valence-corrected chi connectivity index (χ1v) is 13.3. The second kappa shape index (κ2) is 11.8. The highest BCUT2D eigenvalue weighted by atomic mass is 16.6. The van der Waals surface area contributed by atoms with E-state index in [1.807, 2.05) is 19.9 Å². The number of rotatable bonds is 8. The number of hydrogen-bond acceptors (Lipinski definition) is 6. The predicted octanol–water partition coefficient (Wildman–Crippen LogP) is 7.19. The summed E-state index contributed by atoms with van der Waals surface area (Å²) in [5.74, 6) is -1.35. The van der Waals surface area contributed by atoms with Crippen LogP contribution in [0.5, 0.6) is 11.5 Å². The lowest BCUT2D eigenvalue weighted by atomic mass is 9.91. The number of hydrogen-bond donors (Lipinski definition) is 0. The molecule has 0 aliphatic heterocycles. The Morgan fingerprint density at radius 3 is 1.68 bits per heavy atom. The van der Waals surface area contributed by atoms with Gasteiger partial charge in [-0.15, -0.1) is 0 Å². The van der Waals surface area contributed by atoms with Crippen LogP contribution in [0.15, 0.2) is 85.0 Å². The van der Waals surface area contributed by atoms with Crippen molar-refractivity contribution < 1.29 is 28.6 Å². The molecular weight excluding hydrogens is 516 g/mol. The number of carbonyl (C=O) groups excluding carboxylic acids is 3. The molecule has 41 heavy (non-hydrogen) atoms. The smallest absolute Gasteiger partial charge is 0.338 e. The molecule has 6 heteroatoms. The molecule has 6 nitrogen and oxygen atoms in total. The fourth-order valence-corrected chi connectivity index (χ4v) is 4.73. The Labute approximate surface area is 241 Å². The van der Waals surface area contributed by atoms with E-state index < -0.39 is 11.9 Å². The van der Waals surface area contributed by atoms with Gasteiger partial charge in [-0.25, -0.2) is 14.4 Å².